The highest BCUT2D eigenvalue weighted by Crippen LogP contribution is 2.07. The standard InChI is InChI=1S/C12H15NO2/c1-9(2)8-11(14)12(13-15)10-6-4-3-5-7-10/h3-7,9,15H,8H2,1-2H3/b13-12+. The highest BCUT2D eigenvalue weighted by atomic mass is 16.4. The summed E-state index contributed by atoms with van der Waals surface area (Å²) in [5.41, 5.74) is 0.801. The zero-order valence-corrected chi connectivity index (χ0v) is 8.97. The molecule has 0 aromatic heterocycles. The lowest BCUT2D eigenvalue weighted by Gasteiger charge is -2.05. The number of carbonyl (C=O) groups excluding carboxylic acids is 1. The smallest absolute Gasteiger partial charge is 0.185 e. The molecule has 0 amide bonds. The molecule has 1 aromatic rings. The summed E-state index contributed by atoms with van der Waals surface area (Å²) in [6.45, 7) is 3.91. The number of hydrogen-bond donors (Lipinski definition) is 1. The maximum atomic E-state index is 11.7. The third-order valence-corrected chi connectivity index (χ3v) is 2.00. The minimum absolute atomic E-state index is 0.126. The van der Waals surface area contributed by atoms with Crippen LogP contribution in [0, 0.1) is 5.92 Å². The molecule has 0 atom stereocenters. The summed E-state index contributed by atoms with van der Waals surface area (Å²) >= 11 is 0. The minimum Gasteiger partial charge on any atom is -0.410 e. The van der Waals surface area contributed by atoms with E-state index in [4.69, 9.17) is 5.21 Å². The van der Waals surface area contributed by atoms with Crippen LogP contribution in [0.2, 0.25) is 0 Å². The topological polar surface area (TPSA) is 49.7 Å². The summed E-state index contributed by atoms with van der Waals surface area (Å²) in [7, 11) is 0. The van der Waals surface area contributed by atoms with E-state index in [-0.39, 0.29) is 17.4 Å². The average Bonchev–Trinajstić information content (AvgIpc) is 2.19. The Labute approximate surface area is 89.4 Å². The first-order valence-electron chi connectivity index (χ1n) is 4.95. The maximum absolute atomic E-state index is 11.7. The Morgan fingerprint density at radius 2 is 1.93 bits per heavy atom. The molecule has 0 radical (unpaired) electrons. The van der Waals surface area contributed by atoms with Crippen LogP contribution in [0.3, 0.4) is 0 Å². The zero-order chi connectivity index (χ0) is 11.3. The van der Waals surface area contributed by atoms with E-state index in [1.165, 1.54) is 0 Å². The van der Waals surface area contributed by atoms with Gasteiger partial charge in [-0.3, -0.25) is 4.79 Å². The van der Waals surface area contributed by atoms with E-state index >= 15 is 0 Å². The second kappa shape index (κ2) is 5.29. The third kappa shape index (κ3) is 3.20. The Morgan fingerprint density at radius 3 is 2.40 bits per heavy atom. The van der Waals surface area contributed by atoms with Gasteiger partial charge in [0.05, 0.1) is 0 Å². The van der Waals surface area contributed by atoms with Gasteiger partial charge in [-0.2, -0.15) is 0 Å². The van der Waals surface area contributed by atoms with Crippen LogP contribution in [0.4, 0.5) is 0 Å². The van der Waals surface area contributed by atoms with E-state index in [0.717, 1.165) is 0 Å². The molecule has 0 aliphatic rings. The van der Waals surface area contributed by atoms with Crippen molar-refractivity contribution in [1.29, 1.82) is 0 Å². The van der Waals surface area contributed by atoms with Crippen molar-refractivity contribution in [2.75, 3.05) is 0 Å². The Balaban J connectivity index is 2.87. The quantitative estimate of drug-likeness (QED) is 0.466. The van der Waals surface area contributed by atoms with E-state index in [1.807, 2.05) is 32.0 Å². The van der Waals surface area contributed by atoms with Crippen LogP contribution < -0.4 is 0 Å². The SMILES string of the molecule is CC(C)CC(=O)/C(=N/O)c1ccccc1. The fraction of sp³-hybridized carbons (Fsp3) is 0.333. The van der Waals surface area contributed by atoms with Crippen LogP contribution >= 0.6 is 0 Å². The third-order valence-electron chi connectivity index (χ3n) is 2.00. The van der Waals surface area contributed by atoms with Gasteiger partial charge in [-0.05, 0) is 5.92 Å². The second-order valence-electron chi connectivity index (χ2n) is 3.84. The molecule has 3 nitrogen and oxygen atoms in total. The molecule has 1 rings (SSSR count). The highest BCUT2D eigenvalue weighted by molar-refractivity contribution is 6.46. The normalized spacial score (nSPS) is 11.8. The molecule has 0 bridgehead atoms. The molecule has 0 fully saturated rings. The highest BCUT2D eigenvalue weighted by Gasteiger charge is 2.15. The van der Waals surface area contributed by atoms with E-state index < -0.39 is 0 Å². The Morgan fingerprint density at radius 1 is 1.33 bits per heavy atom. The molecule has 0 spiro atoms. The molecule has 0 saturated carbocycles. The van der Waals surface area contributed by atoms with Gasteiger partial charge in [-0.25, -0.2) is 0 Å². The number of rotatable bonds is 4. The van der Waals surface area contributed by atoms with Gasteiger partial charge in [-0.15, -0.1) is 0 Å². The number of carbonyl (C=O) groups is 1. The van der Waals surface area contributed by atoms with Gasteiger partial charge in [-0.1, -0.05) is 49.3 Å². The summed E-state index contributed by atoms with van der Waals surface area (Å²) < 4.78 is 0. The summed E-state index contributed by atoms with van der Waals surface area (Å²) in [6, 6.07) is 8.98. The lowest BCUT2D eigenvalue weighted by Crippen LogP contribution is -2.17. The number of nitrogens with zero attached hydrogens (tertiary/aromatic N) is 1. The summed E-state index contributed by atoms with van der Waals surface area (Å²) in [5, 5.41) is 11.9. The number of ketones is 1. The lowest BCUT2D eigenvalue weighted by molar-refractivity contribution is -0.113. The average molecular weight is 205 g/mol. The van der Waals surface area contributed by atoms with Crippen molar-refractivity contribution in [1.82, 2.24) is 0 Å². The lowest BCUT2D eigenvalue weighted by atomic mass is 9.99. The van der Waals surface area contributed by atoms with Crippen LogP contribution in [0.25, 0.3) is 0 Å². The molecule has 1 aromatic carbocycles. The van der Waals surface area contributed by atoms with Crippen LogP contribution in [0.15, 0.2) is 35.5 Å². The molecule has 15 heavy (non-hydrogen) atoms. The van der Waals surface area contributed by atoms with Gasteiger partial charge in [0.2, 0.25) is 0 Å². The molecule has 0 unspecified atom stereocenters. The molecule has 0 aliphatic heterocycles. The van der Waals surface area contributed by atoms with Crippen LogP contribution in [-0.4, -0.2) is 16.7 Å². The molecule has 1 N–H and O–H groups in total. The van der Waals surface area contributed by atoms with Crippen molar-refractivity contribution in [2.24, 2.45) is 11.1 Å². The fourth-order valence-corrected chi connectivity index (χ4v) is 1.34. The fourth-order valence-electron chi connectivity index (χ4n) is 1.34. The van der Waals surface area contributed by atoms with Gasteiger partial charge in [0, 0.05) is 12.0 Å². The molecular weight excluding hydrogens is 190 g/mol. The Kier molecular flexibility index (Phi) is 4.03. The minimum atomic E-state index is -0.126. The molecule has 80 valence electrons. The summed E-state index contributed by atoms with van der Waals surface area (Å²) in [4.78, 5) is 11.7. The number of Topliss-reactive ketones (excluding diaryl/α,β-unsaturated/α-hetero) is 1. The van der Waals surface area contributed by atoms with Gasteiger partial charge < -0.3 is 5.21 Å². The molecular formula is C12H15NO2. The number of benzene rings is 1. The van der Waals surface area contributed by atoms with Gasteiger partial charge in [0.25, 0.3) is 0 Å². The first kappa shape index (κ1) is 11.4. The van der Waals surface area contributed by atoms with Gasteiger partial charge >= 0.3 is 0 Å². The maximum Gasteiger partial charge on any atom is 0.185 e. The van der Waals surface area contributed by atoms with Crippen molar-refractivity contribution in [3.63, 3.8) is 0 Å². The second-order valence-corrected chi connectivity index (χ2v) is 3.84. The van der Waals surface area contributed by atoms with Crippen molar-refractivity contribution in [2.45, 2.75) is 20.3 Å². The Hall–Kier alpha value is -1.64. The van der Waals surface area contributed by atoms with E-state index in [2.05, 4.69) is 5.16 Å². The van der Waals surface area contributed by atoms with Crippen LogP contribution in [-0.2, 0) is 4.79 Å². The van der Waals surface area contributed by atoms with Gasteiger partial charge in [0.1, 0.15) is 0 Å². The molecule has 0 heterocycles. The van der Waals surface area contributed by atoms with Crippen molar-refractivity contribution < 1.29 is 10.0 Å². The molecule has 0 aliphatic carbocycles. The summed E-state index contributed by atoms with van der Waals surface area (Å²) in [6.07, 6.45) is 0.397. The van der Waals surface area contributed by atoms with E-state index in [0.29, 0.717) is 12.0 Å². The predicted molar refractivity (Wildman–Crippen MR) is 59.2 cm³/mol. The zero-order valence-electron chi connectivity index (χ0n) is 8.97. The van der Waals surface area contributed by atoms with Crippen LogP contribution in [0.1, 0.15) is 25.8 Å². The first-order valence-corrected chi connectivity index (χ1v) is 4.95. The largest absolute Gasteiger partial charge is 0.410 e. The van der Waals surface area contributed by atoms with Crippen molar-refractivity contribution >= 4 is 11.5 Å². The Bertz CT molecular complexity index is 355. The first-order chi connectivity index (χ1) is 7.15. The molecule has 3 heteroatoms. The van der Waals surface area contributed by atoms with E-state index in [1.54, 1.807) is 12.1 Å². The predicted octanol–water partition coefficient (Wildman–Crippen LogP) is 2.48. The van der Waals surface area contributed by atoms with Crippen molar-refractivity contribution in [3.05, 3.63) is 35.9 Å². The van der Waals surface area contributed by atoms with Crippen LogP contribution in [0.5, 0.6) is 0 Å². The van der Waals surface area contributed by atoms with Crippen molar-refractivity contribution in [3.8, 4) is 0 Å². The molecule has 0 saturated heterocycles. The van der Waals surface area contributed by atoms with E-state index in [9.17, 15) is 4.79 Å². The van der Waals surface area contributed by atoms with Gasteiger partial charge in [0.15, 0.2) is 11.5 Å². The number of oxime groups is 1. The monoisotopic (exact) mass is 205 g/mol. The summed E-state index contributed by atoms with van der Waals surface area (Å²) in [5.74, 6) is 0.136. The number of hydrogen-bond acceptors (Lipinski definition) is 3.